The predicted molar refractivity (Wildman–Crippen MR) is 138 cm³/mol. The van der Waals surface area contributed by atoms with Crippen molar-refractivity contribution in [1.82, 2.24) is 14.8 Å². The number of amides is 1. The summed E-state index contributed by atoms with van der Waals surface area (Å²) < 4.78 is 1.86. The monoisotopic (exact) mass is 487 g/mol. The number of nitrogens with zero attached hydrogens (tertiary/aromatic N) is 4. The number of carbonyl (C=O) groups is 1. The van der Waals surface area contributed by atoms with Crippen LogP contribution in [0.15, 0.2) is 78.0 Å². The van der Waals surface area contributed by atoms with E-state index in [1.165, 1.54) is 23.9 Å². The Morgan fingerprint density at radius 2 is 1.60 bits per heavy atom. The largest absolute Gasteiger partial charge is 0.325 e. The van der Waals surface area contributed by atoms with E-state index in [0.717, 1.165) is 35.3 Å². The Kier molecular flexibility index (Phi) is 7.57. The van der Waals surface area contributed by atoms with Gasteiger partial charge in [-0.2, -0.15) is 0 Å². The van der Waals surface area contributed by atoms with Gasteiger partial charge in [0, 0.05) is 29.1 Å². The smallest absolute Gasteiger partial charge is 0.269 e. The molecule has 9 heteroatoms. The molecule has 178 valence electrons. The first-order valence-electron chi connectivity index (χ1n) is 11.3. The summed E-state index contributed by atoms with van der Waals surface area (Å²) in [5.41, 5.74) is 4.63. The van der Waals surface area contributed by atoms with Crippen LogP contribution in [-0.4, -0.2) is 31.3 Å². The Bertz CT molecular complexity index is 1310. The zero-order valence-corrected chi connectivity index (χ0v) is 20.3. The molecule has 35 heavy (non-hydrogen) atoms. The van der Waals surface area contributed by atoms with Crippen LogP contribution in [-0.2, 0) is 17.6 Å². The molecule has 0 atom stereocenters. The van der Waals surface area contributed by atoms with Gasteiger partial charge in [0.2, 0.25) is 5.91 Å². The minimum absolute atomic E-state index is 0.00426. The van der Waals surface area contributed by atoms with Crippen molar-refractivity contribution in [2.24, 2.45) is 0 Å². The number of thioether (sulfide) groups is 1. The third kappa shape index (κ3) is 5.41. The van der Waals surface area contributed by atoms with Crippen molar-refractivity contribution in [3.05, 3.63) is 94.0 Å². The number of non-ortho nitro benzene ring substituents is 1. The number of carbonyl (C=O) groups excluding carboxylic acids is 1. The highest BCUT2D eigenvalue weighted by atomic mass is 32.2. The van der Waals surface area contributed by atoms with Gasteiger partial charge in [-0.05, 0) is 48.2 Å². The van der Waals surface area contributed by atoms with E-state index < -0.39 is 4.92 Å². The van der Waals surface area contributed by atoms with Crippen LogP contribution in [0.4, 0.5) is 11.4 Å². The maximum absolute atomic E-state index is 12.9. The van der Waals surface area contributed by atoms with Crippen molar-refractivity contribution in [3.8, 4) is 17.1 Å². The summed E-state index contributed by atoms with van der Waals surface area (Å²) >= 11 is 1.29. The average Bonchev–Trinajstić information content (AvgIpc) is 3.32. The average molecular weight is 488 g/mol. The molecule has 0 bridgehead atoms. The molecule has 4 rings (SSSR count). The van der Waals surface area contributed by atoms with Gasteiger partial charge in [0.1, 0.15) is 0 Å². The molecule has 0 aliphatic carbocycles. The lowest BCUT2D eigenvalue weighted by molar-refractivity contribution is -0.384. The van der Waals surface area contributed by atoms with Gasteiger partial charge in [-0.15, -0.1) is 10.2 Å². The van der Waals surface area contributed by atoms with Crippen LogP contribution in [0.3, 0.4) is 0 Å². The Labute approximate surface area is 207 Å². The van der Waals surface area contributed by atoms with Gasteiger partial charge >= 0.3 is 0 Å². The van der Waals surface area contributed by atoms with Gasteiger partial charge in [0.25, 0.3) is 5.69 Å². The van der Waals surface area contributed by atoms with Gasteiger partial charge in [-0.25, -0.2) is 0 Å². The van der Waals surface area contributed by atoms with E-state index in [1.54, 1.807) is 12.1 Å². The number of nitro benzene ring substituents is 1. The zero-order chi connectivity index (χ0) is 24.8. The molecule has 1 N–H and O–H groups in total. The second-order valence-electron chi connectivity index (χ2n) is 7.78. The standard InChI is InChI=1S/C26H25N5O3S/c1-3-18-9-8-10-19(4-2)24(18)27-23(32)17-35-26-29-28-25(30(26)21-11-6-5-7-12-21)20-13-15-22(16-14-20)31(33)34/h5-16H,3-4,17H2,1-2H3,(H,27,32). The van der Waals surface area contributed by atoms with Crippen molar-refractivity contribution in [1.29, 1.82) is 0 Å². The second-order valence-corrected chi connectivity index (χ2v) is 8.72. The summed E-state index contributed by atoms with van der Waals surface area (Å²) in [6, 6.07) is 21.8. The van der Waals surface area contributed by atoms with Gasteiger partial charge in [-0.1, -0.05) is 62.0 Å². The molecule has 0 spiro atoms. The van der Waals surface area contributed by atoms with Crippen LogP contribution >= 0.6 is 11.8 Å². The van der Waals surface area contributed by atoms with E-state index >= 15 is 0 Å². The number of rotatable bonds is 9. The lowest BCUT2D eigenvalue weighted by atomic mass is 10.0. The quantitative estimate of drug-likeness (QED) is 0.185. The first-order chi connectivity index (χ1) is 17.0. The molecule has 0 unspecified atom stereocenters. The maximum Gasteiger partial charge on any atom is 0.269 e. The summed E-state index contributed by atoms with van der Waals surface area (Å²) in [5.74, 6) is 0.579. The highest BCUT2D eigenvalue weighted by Gasteiger charge is 2.19. The summed E-state index contributed by atoms with van der Waals surface area (Å²) in [6.07, 6.45) is 1.66. The van der Waals surface area contributed by atoms with E-state index in [2.05, 4.69) is 29.4 Å². The SMILES string of the molecule is CCc1cccc(CC)c1NC(=O)CSc1nnc(-c2ccc([N+](=O)[O-])cc2)n1-c1ccccc1. The normalized spacial score (nSPS) is 10.8. The number of aromatic nitrogens is 3. The summed E-state index contributed by atoms with van der Waals surface area (Å²) in [7, 11) is 0. The molecular weight excluding hydrogens is 462 g/mol. The number of benzene rings is 3. The number of nitrogens with one attached hydrogen (secondary N) is 1. The van der Waals surface area contributed by atoms with Crippen LogP contribution < -0.4 is 5.32 Å². The summed E-state index contributed by atoms with van der Waals surface area (Å²) in [6.45, 7) is 4.14. The minimum atomic E-state index is -0.438. The number of nitro groups is 1. The lowest BCUT2D eigenvalue weighted by Crippen LogP contribution is -2.17. The molecule has 1 aromatic heterocycles. The van der Waals surface area contributed by atoms with E-state index in [9.17, 15) is 14.9 Å². The molecule has 1 amide bonds. The van der Waals surface area contributed by atoms with Crippen LogP contribution in [0.25, 0.3) is 17.1 Å². The lowest BCUT2D eigenvalue weighted by Gasteiger charge is -2.14. The van der Waals surface area contributed by atoms with Gasteiger partial charge in [-0.3, -0.25) is 19.5 Å². The van der Waals surface area contributed by atoms with Gasteiger partial charge in [0.05, 0.1) is 10.7 Å². The third-order valence-corrected chi connectivity index (χ3v) is 6.51. The van der Waals surface area contributed by atoms with Gasteiger partial charge < -0.3 is 5.32 Å². The molecule has 0 fully saturated rings. The highest BCUT2D eigenvalue weighted by Crippen LogP contribution is 2.29. The van der Waals surface area contributed by atoms with Crippen LogP contribution in [0.5, 0.6) is 0 Å². The molecule has 0 aliphatic heterocycles. The van der Waals surface area contributed by atoms with Crippen LogP contribution in [0.2, 0.25) is 0 Å². The maximum atomic E-state index is 12.9. The zero-order valence-electron chi connectivity index (χ0n) is 19.5. The van der Waals surface area contributed by atoms with Crippen molar-refractivity contribution in [3.63, 3.8) is 0 Å². The third-order valence-electron chi connectivity index (χ3n) is 5.58. The van der Waals surface area contributed by atoms with Gasteiger partial charge in [0.15, 0.2) is 11.0 Å². The van der Waals surface area contributed by atoms with Crippen LogP contribution in [0, 0.1) is 10.1 Å². The fourth-order valence-corrected chi connectivity index (χ4v) is 4.55. The topological polar surface area (TPSA) is 103 Å². The number of hydrogen-bond donors (Lipinski definition) is 1. The molecule has 0 saturated heterocycles. The Morgan fingerprint density at radius 1 is 0.943 bits per heavy atom. The molecule has 3 aromatic carbocycles. The molecular formula is C26H25N5O3S. The van der Waals surface area contributed by atoms with Crippen molar-refractivity contribution >= 4 is 29.0 Å². The fraction of sp³-hybridized carbons (Fsp3) is 0.192. The van der Waals surface area contributed by atoms with E-state index in [0.29, 0.717) is 16.5 Å². The second kappa shape index (κ2) is 11.0. The number of hydrogen-bond acceptors (Lipinski definition) is 6. The van der Waals surface area contributed by atoms with Crippen LogP contribution in [0.1, 0.15) is 25.0 Å². The van der Waals surface area contributed by atoms with Crippen molar-refractivity contribution in [2.45, 2.75) is 31.8 Å². The number of para-hydroxylation sites is 2. The van der Waals surface area contributed by atoms with E-state index in [1.807, 2.05) is 53.1 Å². The van der Waals surface area contributed by atoms with E-state index in [4.69, 9.17) is 0 Å². The summed E-state index contributed by atoms with van der Waals surface area (Å²) in [5, 5.41) is 23.4. The molecule has 8 nitrogen and oxygen atoms in total. The van der Waals surface area contributed by atoms with Crippen molar-refractivity contribution < 1.29 is 9.72 Å². The highest BCUT2D eigenvalue weighted by molar-refractivity contribution is 7.99. The summed E-state index contributed by atoms with van der Waals surface area (Å²) in [4.78, 5) is 23.5. The van der Waals surface area contributed by atoms with Crippen molar-refractivity contribution in [2.75, 3.05) is 11.1 Å². The molecule has 4 aromatic rings. The molecule has 1 heterocycles. The number of anilines is 1. The molecule has 0 aliphatic rings. The Morgan fingerprint density at radius 3 is 2.20 bits per heavy atom. The minimum Gasteiger partial charge on any atom is -0.325 e. The molecule has 0 radical (unpaired) electrons. The predicted octanol–water partition coefficient (Wildman–Crippen LogP) is 5.70. The Balaban J connectivity index is 1.60. The van der Waals surface area contributed by atoms with E-state index in [-0.39, 0.29) is 17.3 Å². The molecule has 0 saturated carbocycles. The Hall–Kier alpha value is -3.98. The number of aryl methyl sites for hydroxylation is 2. The fourth-order valence-electron chi connectivity index (χ4n) is 3.80. The first kappa shape index (κ1) is 24.2. The first-order valence-corrected chi connectivity index (χ1v) is 12.3.